The fourth-order valence-electron chi connectivity index (χ4n) is 2.27. The molecule has 2 N–H and O–H groups in total. The normalized spacial score (nSPS) is 10.7. The van der Waals surface area contributed by atoms with Gasteiger partial charge in [-0.2, -0.15) is 0 Å². The maximum atomic E-state index is 12.2. The van der Waals surface area contributed by atoms with Crippen molar-refractivity contribution in [3.63, 3.8) is 0 Å². The first-order valence-corrected chi connectivity index (χ1v) is 9.55. The van der Waals surface area contributed by atoms with Crippen LogP contribution in [0.4, 0.5) is 5.69 Å². The van der Waals surface area contributed by atoms with Crippen molar-refractivity contribution in [2.45, 2.75) is 5.16 Å². The molecule has 3 aromatic rings. The molecule has 2 aromatic heterocycles. The SMILES string of the molecule is CNC(=O)c1ccc(NC(=O)CSc2nc3ccsc3c(=O)n2C)cc1. The molecule has 7 nitrogen and oxygen atoms in total. The highest BCUT2D eigenvalue weighted by Gasteiger charge is 2.12. The van der Waals surface area contributed by atoms with E-state index in [0.29, 0.717) is 26.6 Å². The number of carbonyl (C=O) groups is 2. The predicted octanol–water partition coefficient (Wildman–Crippen LogP) is 2.09. The van der Waals surface area contributed by atoms with Gasteiger partial charge in [-0.1, -0.05) is 11.8 Å². The maximum absolute atomic E-state index is 12.2. The second-order valence-electron chi connectivity index (χ2n) is 5.39. The number of hydrogen-bond acceptors (Lipinski definition) is 6. The van der Waals surface area contributed by atoms with Crippen LogP contribution >= 0.6 is 23.1 Å². The second kappa shape index (κ2) is 7.71. The van der Waals surface area contributed by atoms with Gasteiger partial charge in [0.05, 0.1) is 11.3 Å². The lowest BCUT2D eigenvalue weighted by Crippen LogP contribution is -2.20. The van der Waals surface area contributed by atoms with Crippen LogP contribution in [0.25, 0.3) is 10.2 Å². The molecule has 3 rings (SSSR count). The van der Waals surface area contributed by atoms with Crippen molar-refractivity contribution in [3.8, 4) is 0 Å². The lowest BCUT2D eigenvalue weighted by molar-refractivity contribution is -0.113. The molecule has 2 heterocycles. The third-order valence-electron chi connectivity index (χ3n) is 3.64. The van der Waals surface area contributed by atoms with Gasteiger partial charge in [-0.05, 0) is 35.7 Å². The summed E-state index contributed by atoms with van der Waals surface area (Å²) in [7, 11) is 3.20. The number of fused-ring (bicyclic) bond motifs is 1. The van der Waals surface area contributed by atoms with Gasteiger partial charge in [-0.15, -0.1) is 11.3 Å². The fourth-order valence-corrected chi connectivity index (χ4v) is 3.85. The maximum Gasteiger partial charge on any atom is 0.271 e. The third-order valence-corrected chi connectivity index (χ3v) is 5.56. The Labute approximate surface area is 157 Å². The van der Waals surface area contributed by atoms with Gasteiger partial charge in [-0.25, -0.2) is 4.98 Å². The number of thiophene rings is 1. The zero-order chi connectivity index (χ0) is 18.7. The van der Waals surface area contributed by atoms with Crippen molar-refractivity contribution >= 4 is 50.8 Å². The number of thioether (sulfide) groups is 1. The van der Waals surface area contributed by atoms with Gasteiger partial charge in [0.15, 0.2) is 5.16 Å². The average molecular weight is 388 g/mol. The highest BCUT2D eigenvalue weighted by Crippen LogP contribution is 2.20. The Bertz CT molecular complexity index is 1020. The van der Waals surface area contributed by atoms with E-state index in [-0.39, 0.29) is 23.1 Å². The minimum absolute atomic E-state index is 0.113. The molecule has 0 fully saturated rings. The smallest absolute Gasteiger partial charge is 0.271 e. The summed E-state index contributed by atoms with van der Waals surface area (Å²) >= 11 is 2.55. The zero-order valence-corrected chi connectivity index (χ0v) is 15.7. The first kappa shape index (κ1) is 18.2. The summed E-state index contributed by atoms with van der Waals surface area (Å²) in [6, 6.07) is 8.39. The molecule has 1 aromatic carbocycles. The Hall–Kier alpha value is -2.65. The first-order chi connectivity index (χ1) is 12.5. The summed E-state index contributed by atoms with van der Waals surface area (Å²) in [5.41, 5.74) is 1.64. The first-order valence-electron chi connectivity index (χ1n) is 7.68. The van der Waals surface area contributed by atoms with Crippen LogP contribution in [-0.4, -0.2) is 34.2 Å². The molecule has 0 saturated carbocycles. The van der Waals surface area contributed by atoms with Gasteiger partial charge >= 0.3 is 0 Å². The lowest BCUT2D eigenvalue weighted by Gasteiger charge is -2.08. The fraction of sp³-hybridized carbons (Fsp3) is 0.176. The highest BCUT2D eigenvalue weighted by atomic mass is 32.2. The highest BCUT2D eigenvalue weighted by molar-refractivity contribution is 7.99. The van der Waals surface area contributed by atoms with Crippen LogP contribution in [-0.2, 0) is 11.8 Å². The number of anilines is 1. The Morgan fingerprint density at radius 1 is 1.23 bits per heavy atom. The molecule has 0 aliphatic heterocycles. The van der Waals surface area contributed by atoms with Gasteiger partial charge in [0.25, 0.3) is 11.5 Å². The van der Waals surface area contributed by atoms with Crippen LogP contribution in [0.15, 0.2) is 45.7 Å². The largest absolute Gasteiger partial charge is 0.355 e. The monoisotopic (exact) mass is 388 g/mol. The van der Waals surface area contributed by atoms with Crippen molar-refractivity contribution in [2.75, 3.05) is 18.1 Å². The Morgan fingerprint density at radius 3 is 2.65 bits per heavy atom. The van der Waals surface area contributed by atoms with E-state index < -0.39 is 0 Å². The molecule has 0 aliphatic rings. The third kappa shape index (κ3) is 3.78. The summed E-state index contributed by atoms with van der Waals surface area (Å²) in [5.74, 6) is -0.288. The summed E-state index contributed by atoms with van der Waals surface area (Å²) in [6.45, 7) is 0. The van der Waals surface area contributed by atoms with Gasteiger partial charge in [0, 0.05) is 25.3 Å². The van der Waals surface area contributed by atoms with Crippen molar-refractivity contribution in [3.05, 3.63) is 51.6 Å². The number of nitrogens with one attached hydrogen (secondary N) is 2. The number of nitrogens with zero attached hydrogens (tertiary/aromatic N) is 2. The zero-order valence-electron chi connectivity index (χ0n) is 14.1. The van der Waals surface area contributed by atoms with E-state index in [1.807, 2.05) is 5.38 Å². The van der Waals surface area contributed by atoms with Crippen LogP contribution in [0, 0.1) is 0 Å². The number of benzene rings is 1. The molecule has 0 radical (unpaired) electrons. The second-order valence-corrected chi connectivity index (χ2v) is 7.25. The molecule has 26 heavy (non-hydrogen) atoms. The van der Waals surface area contributed by atoms with E-state index in [1.165, 1.54) is 27.7 Å². The van der Waals surface area contributed by atoms with Crippen molar-refractivity contribution in [1.29, 1.82) is 0 Å². The Kier molecular flexibility index (Phi) is 5.38. The van der Waals surface area contributed by atoms with E-state index >= 15 is 0 Å². The molecule has 0 bridgehead atoms. The molecule has 0 spiro atoms. The minimum atomic E-state index is -0.220. The Morgan fingerprint density at radius 2 is 1.96 bits per heavy atom. The number of rotatable bonds is 5. The minimum Gasteiger partial charge on any atom is -0.355 e. The van der Waals surface area contributed by atoms with E-state index in [1.54, 1.807) is 44.4 Å². The van der Waals surface area contributed by atoms with Crippen molar-refractivity contribution in [2.24, 2.45) is 7.05 Å². The molecule has 0 atom stereocenters. The average Bonchev–Trinajstić information content (AvgIpc) is 3.12. The van der Waals surface area contributed by atoms with E-state index in [2.05, 4.69) is 15.6 Å². The van der Waals surface area contributed by atoms with Crippen LogP contribution < -0.4 is 16.2 Å². The molecular formula is C17H16N4O3S2. The van der Waals surface area contributed by atoms with Gasteiger partial charge in [0.1, 0.15) is 4.70 Å². The van der Waals surface area contributed by atoms with Crippen LogP contribution in [0.5, 0.6) is 0 Å². The van der Waals surface area contributed by atoms with Gasteiger partial charge in [-0.3, -0.25) is 19.0 Å². The summed E-state index contributed by atoms with van der Waals surface area (Å²) in [4.78, 5) is 40.3. The molecule has 0 unspecified atom stereocenters. The van der Waals surface area contributed by atoms with E-state index in [0.717, 1.165) is 0 Å². The van der Waals surface area contributed by atoms with Crippen molar-refractivity contribution < 1.29 is 9.59 Å². The van der Waals surface area contributed by atoms with Crippen LogP contribution in [0.2, 0.25) is 0 Å². The van der Waals surface area contributed by atoms with Gasteiger partial charge in [0.2, 0.25) is 5.91 Å². The Balaban J connectivity index is 1.65. The van der Waals surface area contributed by atoms with Crippen LogP contribution in [0.3, 0.4) is 0 Å². The number of hydrogen-bond donors (Lipinski definition) is 2. The standard InChI is InChI=1S/C17H16N4O3S2/c1-18-15(23)10-3-5-11(6-4-10)19-13(22)9-26-17-20-12-7-8-25-14(12)16(24)21(17)2/h3-8H,9H2,1-2H3,(H,18,23)(H,19,22). The van der Waals surface area contributed by atoms with Crippen LogP contribution in [0.1, 0.15) is 10.4 Å². The summed E-state index contributed by atoms with van der Waals surface area (Å²) in [5, 5.41) is 7.61. The molecule has 2 amide bonds. The van der Waals surface area contributed by atoms with E-state index in [9.17, 15) is 14.4 Å². The summed E-state index contributed by atoms with van der Waals surface area (Å²) < 4.78 is 2.06. The quantitative estimate of drug-likeness (QED) is 0.516. The lowest BCUT2D eigenvalue weighted by atomic mass is 10.2. The molecule has 134 valence electrons. The number of carbonyl (C=O) groups excluding carboxylic acids is 2. The summed E-state index contributed by atoms with van der Waals surface area (Å²) in [6.07, 6.45) is 0. The molecule has 0 saturated heterocycles. The van der Waals surface area contributed by atoms with Crippen molar-refractivity contribution in [1.82, 2.24) is 14.9 Å². The molecular weight excluding hydrogens is 372 g/mol. The number of amides is 2. The van der Waals surface area contributed by atoms with E-state index in [4.69, 9.17) is 0 Å². The number of aromatic nitrogens is 2. The van der Waals surface area contributed by atoms with Gasteiger partial charge < -0.3 is 10.6 Å². The predicted molar refractivity (Wildman–Crippen MR) is 104 cm³/mol. The topological polar surface area (TPSA) is 93.1 Å². The molecule has 9 heteroatoms. The molecule has 0 aliphatic carbocycles.